The molecule has 0 saturated carbocycles. The zero-order chi connectivity index (χ0) is 16.8. The van der Waals surface area contributed by atoms with Crippen LogP contribution in [0.3, 0.4) is 0 Å². The summed E-state index contributed by atoms with van der Waals surface area (Å²) in [6.45, 7) is 4.77. The number of hydrogen-bond acceptors (Lipinski definition) is 0. The van der Waals surface area contributed by atoms with Crippen LogP contribution in [0.2, 0.25) is 0 Å². The Morgan fingerprint density at radius 3 is 2.50 bits per heavy atom. The second-order valence-electron chi connectivity index (χ2n) is 7.88. The Bertz CT molecular complexity index is 557. The Hall–Kier alpha value is -1.24. The van der Waals surface area contributed by atoms with Gasteiger partial charge in [0.2, 0.25) is 0 Å². The third-order valence-corrected chi connectivity index (χ3v) is 6.02. The minimum atomic E-state index is 0.747. The molecule has 1 radical (unpaired) electrons. The summed E-state index contributed by atoms with van der Waals surface area (Å²) in [4.78, 5) is 0. The molecule has 2 aliphatic rings. The van der Waals surface area contributed by atoms with Crippen molar-refractivity contribution in [2.75, 3.05) is 0 Å². The maximum absolute atomic E-state index is 4.87. The highest BCUT2D eigenvalue weighted by Gasteiger charge is 2.36. The second-order valence-corrected chi connectivity index (χ2v) is 7.88. The minimum absolute atomic E-state index is 0.747. The lowest BCUT2D eigenvalue weighted by Gasteiger charge is -2.22. The Labute approximate surface area is 148 Å². The molecule has 2 unspecified atom stereocenters. The van der Waals surface area contributed by atoms with Gasteiger partial charge in [-0.25, -0.2) is 0 Å². The molecule has 1 aliphatic carbocycles. The third kappa shape index (κ3) is 4.05. The standard InChI is InChI=1S/C23H34N/c1-3-4-5-6-7-8-9-10-13-18(2)19-16-17-22-23(19)20-14-11-12-15-21(20)24-22/h11-12,14-15,18-19H,3-10,13,16-17H2,1-2H3. The number of allylic oxidation sites excluding steroid dienone is 2. The average molecular weight is 325 g/mol. The van der Waals surface area contributed by atoms with E-state index in [1.165, 1.54) is 87.6 Å². The molecule has 1 aromatic rings. The van der Waals surface area contributed by atoms with Crippen molar-refractivity contribution in [2.45, 2.75) is 84.5 Å². The van der Waals surface area contributed by atoms with E-state index in [0.29, 0.717) is 0 Å². The summed E-state index contributed by atoms with van der Waals surface area (Å²) in [6.07, 6.45) is 15.3. The molecule has 0 spiro atoms. The van der Waals surface area contributed by atoms with Gasteiger partial charge in [0, 0.05) is 11.3 Å². The lowest BCUT2D eigenvalue weighted by atomic mass is 9.82. The average Bonchev–Trinajstić information content (AvgIpc) is 3.16. The van der Waals surface area contributed by atoms with Gasteiger partial charge in [0.1, 0.15) is 0 Å². The Morgan fingerprint density at radius 1 is 1.00 bits per heavy atom. The smallest absolute Gasteiger partial charge is 0.0708 e. The number of benzene rings is 1. The number of para-hydroxylation sites is 1. The summed E-state index contributed by atoms with van der Waals surface area (Å²) < 4.78 is 0. The molecule has 1 nitrogen and oxygen atoms in total. The molecule has 0 saturated heterocycles. The van der Waals surface area contributed by atoms with E-state index in [2.05, 4.69) is 38.1 Å². The summed E-state index contributed by atoms with van der Waals surface area (Å²) in [5, 5.41) is 4.87. The number of unbranched alkanes of at least 4 members (excludes halogenated alkanes) is 7. The molecular formula is C23H34N. The van der Waals surface area contributed by atoms with Crippen molar-refractivity contribution in [3.05, 3.63) is 35.5 Å². The number of rotatable bonds is 10. The molecule has 131 valence electrons. The van der Waals surface area contributed by atoms with Crippen LogP contribution in [0.1, 0.15) is 90.0 Å². The van der Waals surface area contributed by atoms with Gasteiger partial charge in [0.25, 0.3) is 0 Å². The third-order valence-electron chi connectivity index (χ3n) is 6.02. The van der Waals surface area contributed by atoms with E-state index >= 15 is 0 Å². The van der Waals surface area contributed by atoms with Crippen LogP contribution < -0.4 is 5.32 Å². The van der Waals surface area contributed by atoms with E-state index in [0.717, 1.165) is 11.8 Å². The van der Waals surface area contributed by atoms with Crippen LogP contribution in [0, 0.1) is 11.8 Å². The van der Waals surface area contributed by atoms with Crippen LogP contribution in [-0.4, -0.2) is 0 Å². The van der Waals surface area contributed by atoms with Crippen molar-refractivity contribution >= 4 is 11.3 Å². The van der Waals surface area contributed by atoms with Crippen LogP contribution in [0.25, 0.3) is 5.57 Å². The molecule has 0 amide bonds. The van der Waals surface area contributed by atoms with Crippen LogP contribution in [-0.2, 0) is 0 Å². The first-order chi connectivity index (χ1) is 11.8. The lowest BCUT2D eigenvalue weighted by molar-refractivity contribution is 0.385. The monoisotopic (exact) mass is 324 g/mol. The van der Waals surface area contributed by atoms with Crippen LogP contribution in [0.15, 0.2) is 30.0 Å². The fourth-order valence-electron chi connectivity index (χ4n) is 4.57. The Kier molecular flexibility index (Phi) is 6.40. The fraction of sp³-hybridized carbons (Fsp3) is 0.652. The predicted molar refractivity (Wildman–Crippen MR) is 104 cm³/mol. The van der Waals surface area contributed by atoms with Crippen molar-refractivity contribution in [1.29, 1.82) is 0 Å². The summed E-state index contributed by atoms with van der Waals surface area (Å²) in [6, 6.07) is 8.74. The highest BCUT2D eigenvalue weighted by molar-refractivity contribution is 5.84. The SMILES string of the molecule is CCCCCCCCCCC(C)C1CCC2=C1c1ccccc1[N]2. The van der Waals surface area contributed by atoms with Gasteiger partial charge in [-0.3, -0.25) is 5.32 Å². The largest absolute Gasteiger partial charge is 0.253 e. The van der Waals surface area contributed by atoms with Gasteiger partial charge in [-0.1, -0.05) is 89.8 Å². The van der Waals surface area contributed by atoms with Crippen molar-refractivity contribution in [2.24, 2.45) is 11.8 Å². The maximum atomic E-state index is 4.87. The number of fused-ring (bicyclic) bond motifs is 2. The highest BCUT2D eigenvalue weighted by atomic mass is 14.9. The van der Waals surface area contributed by atoms with Crippen molar-refractivity contribution in [3.63, 3.8) is 0 Å². The first kappa shape index (κ1) is 17.6. The molecule has 0 N–H and O–H groups in total. The molecule has 1 aliphatic heterocycles. The van der Waals surface area contributed by atoms with Gasteiger partial charge in [0.15, 0.2) is 0 Å². The van der Waals surface area contributed by atoms with Crippen LogP contribution >= 0.6 is 0 Å². The summed E-state index contributed by atoms with van der Waals surface area (Å²) in [5.41, 5.74) is 5.63. The Morgan fingerprint density at radius 2 is 1.71 bits per heavy atom. The topological polar surface area (TPSA) is 14.1 Å². The van der Waals surface area contributed by atoms with Gasteiger partial charge in [-0.2, -0.15) is 0 Å². The maximum Gasteiger partial charge on any atom is 0.0708 e. The minimum Gasteiger partial charge on any atom is -0.253 e. The molecule has 2 atom stereocenters. The van der Waals surface area contributed by atoms with E-state index in [9.17, 15) is 0 Å². The zero-order valence-electron chi connectivity index (χ0n) is 15.7. The van der Waals surface area contributed by atoms with Gasteiger partial charge in [-0.05, 0) is 36.3 Å². The summed E-state index contributed by atoms with van der Waals surface area (Å²) in [5.74, 6) is 1.55. The van der Waals surface area contributed by atoms with Crippen molar-refractivity contribution in [3.8, 4) is 0 Å². The molecule has 0 bridgehead atoms. The van der Waals surface area contributed by atoms with Crippen molar-refractivity contribution < 1.29 is 0 Å². The normalized spacial score (nSPS) is 20.0. The fourth-order valence-corrected chi connectivity index (χ4v) is 4.57. The van der Waals surface area contributed by atoms with Gasteiger partial charge >= 0.3 is 0 Å². The molecule has 0 aromatic heterocycles. The predicted octanol–water partition coefficient (Wildman–Crippen LogP) is 7.22. The van der Waals surface area contributed by atoms with E-state index in [4.69, 9.17) is 5.32 Å². The quantitative estimate of drug-likeness (QED) is 0.403. The number of nitrogens with zero attached hydrogens (tertiary/aromatic N) is 1. The van der Waals surface area contributed by atoms with Gasteiger partial charge < -0.3 is 0 Å². The zero-order valence-corrected chi connectivity index (χ0v) is 15.7. The Balaban J connectivity index is 1.41. The summed E-state index contributed by atoms with van der Waals surface area (Å²) >= 11 is 0. The van der Waals surface area contributed by atoms with Gasteiger partial charge in [0.05, 0.1) is 5.69 Å². The second kappa shape index (κ2) is 8.74. The molecule has 24 heavy (non-hydrogen) atoms. The van der Waals surface area contributed by atoms with Crippen LogP contribution in [0.5, 0.6) is 0 Å². The van der Waals surface area contributed by atoms with Gasteiger partial charge in [-0.15, -0.1) is 0 Å². The van der Waals surface area contributed by atoms with Crippen LogP contribution in [0.4, 0.5) is 5.69 Å². The van der Waals surface area contributed by atoms with E-state index < -0.39 is 0 Å². The molecule has 3 rings (SSSR count). The molecule has 0 fully saturated rings. The molecule has 1 aromatic carbocycles. The lowest BCUT2D eigenvalue weighted by Crippen LogP contribution is -2.10. The van der Waals surface area contributed by atoms with Crippen molar-refractivity contribution in [1.82, 2.24) is 5.32 Å². The highest BCUT2D eigenvalue weighted by Crippen LogP contribution is 2.50. The molecule has 1 heteroatoms. The first-order valence-corrected chi connectivity index (χ1v) is 10.4. The molecule has 1 heterocycles. The van der Waals surface area contributed by atoms with E-state index in [1.807, 2.05) is 0 Å². The van der Waals surface area contributed by atoms with E-state index in [1.54, 1.807) is 5.57 Å². The summed E-state index contributed by atoms with van der Waals surface area (Å²) in [7, 11) is 0. The number of hydrogen-bond donors (Lipinski definition) is 0. The van der Waals surface area contributed by atoms with E-state index in [-0.39, 0.29) is 0 Å². The first-order valence-electron chi connectivity index (χ1n) is 10.4. The molecular weight excluding hydrogens is 290 g/mol.